The van der Waals surface area contributed by atoms with Crippen LogP contribution in [0.1, 0.15) is 16.0 Å². The number of benzene rings is 1. The summed E-state index contributed by atoms with van der Waals surface area (Å²) in [5.74, 6) is 1.55. The van der Waals surface area contributed by atoms with E-state index >= 15 is 0 Å². The standard InChI is InChI=1S/C19H21N3OS2/c20-12-16-3-5-17(6-4-16)14-24-15-19(23)22-9-7-21(8-10-22)13-18-2-1-11-25-18/h1-6,11H,7-10,13-15H2. The van der Waals surface area contributed by atoms with Crippen molar-refractivity contribution in [3.8, 4) is 6.07 Å². The Balaban J connectivity index is 1.37. The third-order valence-electron chi connectivity index (χ3n) is 4.26. The van der Waals surface area contributed by atoms with Crippen LogP contribution in [0.25, 0.3) is 0 Å². The Kier molecular flexibility index (Phi) is 6.51. The fourth-order valence-corrected chi connectivity index (χ4v) is 4.43. The number of hydrogen-bond acceptors (Lipinski definition) is 5. The lowest BCUT2D eigenvalue weighted by molar-refractivity contribution is -0.130. The molecule has 25 heavy (non-hydrogen) atoms. The minimum Gasteiger partial charge on any atom is -0.339 e. The monoisotopic (exact) mass is 371 g/mol. The molecule has 1 aliphatic heterocycles. The Morgan fingerprint density at radius 2 is 1.92 bits per heavy atom. The highest BCUT2D eigenvalue weighted by atomic mass is 32.2. The van der Waals surface area contributed by atoms with Crippen LogP contribution in [-0.2, 0) is 17.1 Å². The van der Waals surface area contributed by atoms with E-state index < -0.39 is 0 Å². The van der Waals surface area contributed by atoms with Gasteiger partial charge in [-0.2, -0.15) is 5.26 Å². The molecule has 1 aliphatic rings. The van der Waals surface area contributed by atoms with Gasteiger partial charge in [0.2, 0.25) is 5.91 Å². The van der Waals surface area contributed by atoms with Crippen molar-refractivity contribution in [1.82, 2.24) is 9.80 Å². The Morgan fingerprint density at radius 3 is 2.56 bits per heavy atom. The van der Waals surface area contributed by atoms with Crippen LogP contribution in [0.3, 0.4) is 0 Å². The number of carbonyl (C=O) groups excluding carboxylic acids is 1. The van der Waals surface area contributed by atoms with Gasteiger partial charge >= 0.3 is 0 Å². The van der Waals surface area contributed by atoms with Gasteiger partial charge < -0.3 is 4.90 Å². The Morgan fingerprint density at radius 1 is 1.16 bits per heavy atom. The molecule has 130 valence electrons. The van der Waals surface area contributed by atoms with E-state index in [-0.39, 0.29) is 5.91 Å². The molecule has 0 unspecified atom stereocenters. The van der Waals surface area contributed by atoms with Gasteiger partial charge in [-0.15, -0.1) is 23.1 Å². The molecule has 1 aromatic heterocycles. The smallest absolute Gasteiger partial charge is 0.232 e. The van der Waals surface area contributed by atoms with Gasteiger partial charge in [-0.1, -0.05) is 18.2 Å². The van der Waals surface area contributed by atoms with Gasteiger partial charge in [-0.25, -0.2) is 0 Å². The number of hydrogen-bond donors (Lipinski definition) is 0. The molecule has 3 rings (SSSR count). The molecule has 2 aromatic rings. The number of thioether (sulfide) groups is 1. The summed E-state index contributed by atoms with van der Waals surface area (Å²) < 4.78 is 0. The van der Waals surface area contributed by atoms with Crippen molar-refractivity contribution >= 4 is 29.0 Å². The van der Waals surface area contributed by atoms with Gasteiger partial charge in [0, 0.05) is 43.4 Å². The third-order valence-corrected chi connectivity index (χ3v) is 6.11. The van der Waals surface area contributed by atoms with E-state index in [1.165, 1.54) is 4.88 Å². The molecule has 6 heteroatoms. The maximum Gasteiger partial charge on any atom is 0.232 e. The maximum atomic E-state index is 12.4. The van der Waals surface area contributed by atoms with Crippen molar-refractivity contribution in [1.29, 1.82) is 5.26 Å². The van der Waals surface area contributed by atoms with E-state index in [9.17, 15) is 4.79 Å². The number of carbonyl (C=O) groups is 1. The lowest BCUT2D eigenvalue weighted by atomic mass is 10.2. The Hall–Kier alpha value is -1.81. The van der Waals surface area contributed by atoms with E-state index in [4.69, 9.17) is 5.26 Å². The van der Waals surface area contributed by atoms with E-state index in [0.29, 0.717) is 11.3 Å². The van der Waals surface area contributed by atoms with Crippen molar-refractivity contribution in [3.05, 3.63) is 57.8 Å². The predicted molar refractivity (Wildman–Crippen MR) is 103 cm³/mol. The normalized spacial score (nSPS) is 15.1. The predicted octanol–water partition coefficient (Wildman–Crippen LogP) is 3.20. The molecular formula is C19H21N3OS2. The first kappa shape index (κ1) is 18.0. The fourth-order valence-electron chi connectivity index (χ4n) is 2.80. The van der Waals surface area contributed by atoms with E-state index in [1.807, 2.05) is 29.2 Å². The first-order valence-electron chi connectivity index (χ1n) is 8.34. The second kappa shape index (κ2) is 9.04. The zero-order valence-electron chi connectivity index (χ0n) is 14.1. The summed E-state index contributed by atoms with van der Waals surface area (Å²) >= 11 is 3.43. The zero-order valence-corrected chi connectivity index (χ0v) is 15.7. The van der Waals surface area contributed by atoms with Crippen LogP contribution in [0.15, 0.2) is 41.8 Å². The van der Waals surface area contributed by atoms with Gasteiger partial charge in [0.25, 0.3) is 0 Å². The van der Waals surface area contributed by atoms with Crippen LogP contribution < -0.4 is 0 Å². The van der Waals surface area contributed by atoms with Crippen molar-refractivity contribution in [2.45, 2.75) is 12.3 Å². The zero-order chi connectivity index (χ0) is 17.5. The van der Waals surface area contributed by atoms with Crippen LogP contribution >= 0.6 is 23.1 Å². The molecule has 0 radical (unpaired) electrons. The van der Waals surface area contributed by atoms with Crippen LogP contribution in [0, 0.1) is 11.3 Å². The molecule has 2 heterocycles. The summed E-state index contributed by atoms with van der Waals surface area (Å²) in [6, 6.07) is 13.9. The van der Waals surface area contributed by atoms with Crippen LogP contribution in [-0.4, -0.2) is 47.6 Å². The number of nitrogens with zero attached hydrogens (tertiary/aromatic N) is 3. The number of rotatable bonds is 6. The minimum absolute atomic E-state index is 0.231. The molecule has 4 nitrogen and oxygen atoms in total. The molecule has 0 aliphatic carbocycles. The van der Waals surface area contributed by atoms with Gasteiger partial charge in [0.1, 0.15) is 0 Å². The molecule has 0 atom stereocenters. The molecule has 1 amide bonds. The highest BCUT2D eigenvalue weighted by molar-refractivity contribution is 7.99. The average Bonchev–Trinajstić information content (AvgIpc) is 3.16. The summed E-state index contributed by atoms with van der Waals surface area (Å²) in [5, 5.41) is 10.9. The molecule has 0 saturated carbocycles. The van der Waals surface area contributed by atoms with E-state index in [1.54, 1.807) is 23.1 Å². The van der Waals surface area contributed by atoms with Gasteiger partial charge in [0.05, 0.1) is 17.4 Å². The van der Waals surface area contributed by atoms with Gasteiger partial charge in [-0.05, 0) is 29.1 Å². The second-order valence-corrected chi connectivity index (χ2v) is 8.06. The van der Waals surface area contributed by atoms with Gasteiger partial charge in [0.15, 0.2) is 0 Å². The average molecular weight is 372 g/mol. The summed E-state index contributed by atoms with van der Waals surface area (Å²) in [4.78, 5) is 18.1. The quantitative estimate of drug-likeness (QED) is 0.782. The lowest BCUT2D eigenvalue weighted by Crippen LogP contribution is -2.48. The topological polar surface area (TPSA) is 47.3 Å². The summed E-state index contributed by atoms with van der Waals surface area (Å²) in [6.07, 6.45) is 0. The number of thiophene rings is 1. The van der Waals surface area contributed by atoms with Crippen LogP contribution in [0.2, 0.25) is 0 Å². The van der Waals surface area contributed by atoms with Crippen molar-refractivity contribution < 1.29 is 4.79 Å². The van der Waals surface area contributed by atoms with Crippen LogP contribution in [0.4, 0.5) is 0 Å². The van der Waals surface area contributed by atoms with Crippen molar-refractivity contribution in [3.63, 3.8) is 0 Å². The van der Waals surface area contributed by atoms with Gasteiger partial charge in [-0.3, -0.25) is 9.69 Å². The molecule has 0 spiro atoms. The third kappa shape index (κ3) is 5.33. The first-order chi connectivity index (χ1) is 12.2. The number of amides is 1. The molecule has 1 saturated heterocycles. The molecule has 1 fully saturated rings. The largest absolute Gasteiger partial charge is 0.339 e. The second-order valence-electron chi connectivity index (χ2n) is 6.04. The Bertz CT molecular complexity index is 714. The number of piperazine rings is 1. The first-order valence-corrected chi connectivity index (χ1v) is 10.4. The summed E-state index contributed by atoms with van der Waals surface area (Å²) in [6.45, 7) is 4.53. The van der Waals surface area contributed by atoms with Crippen LogP contribution in [0.5, 0.6) is 0 Å². The highest BCUT2D eigenvalue weighted by Gasteiger charge is 2.21. The summed E-state index contributed by atoms with van der Waals surface area (Å²) in [5.41, 5.74) is 1.82. The minimum atomic E-state index is 0.231. The summed E-state index contributed by atoms with van der Waals surface area (Å²) in [7, 11) is 0. The Labute approximate surface area is 157 Å². The highest BCUT2D eigenvalue weighted by Crippen LogP contribution is 2.16. The van der Waals surface area contributed by atoms with Crippen molar-refractivity contribution in [2.75, 3.05) is 31.9 Å². The molecule has 0 bridgehead atoms. The van der Waals surface area contributed by atoms with E-state index in [0.717, 1.165) is 44.0 Å². The molecule has 1 aromatic carbocycles. The number of nitriles is 1. The molecule has 0 N–H and O–H groups in total. The SMILES string of the molecule is N#Cc1ccc(CSCC(=O)N2CCN(Cc3cccs3)CC2)cc1. The van der Waals surface area contributed by atoms with E-state index in [2.05, 4.69) is 28.5 Å². The maximum absolute atomic E-state index is 12.4. The fraction of sp³-hybridized carbons (Fsp3) is 0.368. The lowest BCUT2D eigenvalue weighted by Gasteiger charge is -2.34. The van der Waals surface area contributed by atoms with Crippen molar-refractivity contribution in [2.24, 2.45) is 0 Å². The molecular weight excluding hydrogens is 350 g/mol.